The molecule has 10 heteroatoms. The molecule has 0 atom stereocenters. The van der Waals surface area contributed by atoms with E-state index in [1.54, 1.807) is 24.3 Å². The number of rotatable bonds is 8. The Kier molecular flexibility index (Phi) is 7.52. The predicted molar refractivity (Wildman–Crippen MR) is 122 cm³/mol. The molecular weight excluding hydrogens is 420 g/mol. The van der Waals surface area contributed by atoms with E-state index in [1.807, 2.05) is 30.3 Å². The van der Waals surface area contributed by atoms with Crippen molar-refractivity contribution in [2.45, 2.75) is 18.6 Å². The molecule has 0 aliphatic carbocycles. The molecule has 2 aromatic carbocycles. The number of carbonyl (C=O) groups is 2. The first-order valence-corrected chi connectivity index (χ1v) is 10.4. The first kappa shape index (κ1) is 21.5. The van der Waals surface area contributed by atoms with Crippen LogP contribution in [0.2, 0.25) is 0 Å². The van der Waals surface area contributed by atoms with Crippen LogP contribution in [0.25, 0.3) is 0 Å². The number of H-pyrrole nitrogens is 1. The summed E-state index contributed by atoms with van der Waals surface area (Å²) in [6.45, 7) is 2.07. The third kappa shape index (κ3) is 6.68. The molecule has 0 saturated heterocycles. The van der Waals surface area contributed by atoms with Gasteiger partial charge in [0.2, 0.25) is 17.0 Å². The maximum Gasteiger partial charge on any atom is 0.234 e. The fraction of sp³-hybridized carbons (Fsp3) is 0.150. The third-order valence-electron chi connectivity index (χ3n) is 3.88. The summed E-state index contributed by atoms with van der Waals surface area (Å²) in [6, 6.07) is 16.7. The molecule has 154 valence electrons. The summed E-state index contributed by atoms with van der Waals surface area (Å²) in [7, 11) is 0. The van der Waals surface area contributed by atoms with E-state index in [9.17, 15) is 9.59 Å². The second-order valence-corrected chi connectivity index (χ2v) is 7.58. The van der Waals surface area contributed by atoms with E-state index < -0.39 is 0 Å². The monoisotopic (exact) mass is 440 g/mol. The molecule has 1 amide bonds. The Hall–Kier alpha value is -3.24. The Morgan fingerprint density at radius 1 is 1.10 bits per heavy atom. The molecule has 3 aromatic rings. The number of ketones is 1. The van der Waals surface area contributed by atoms with Crippen LogP contribution in [0.3, 0.4) is 0 Å². The van der Waals surface area contributed by atoms with Crippen molar-refractivity contribution in [2.24, 2.45) is 0 Å². The number of thioether (sulfide) groups is 1. The number of nitrogens with one attached hydrogen (secondary N) is 4. The lowest BCUT2D eigenvalue weighted by Gasteiger charge is -2.07. The first-order chi connectivity index (χ1) is 14.5. The summed E-state index contributed by atoms with van der Waals surface area (Å²) >= 11 is 6.43. The highest BCUT2D eigenvalue weighted by Crippen LogP contribution is 2.16. The number of carbonyl (C=O) groups excluding carboxylic acids is 2. The van der Waals surface area contributed by atoms with Gasteiger partial charge in [0, 0.05) is 17.8 Å². The lowest BCUT2D eigenvalue weighted by molar-refractivity contribution is -0.113. The van der Waals surface area contributed by atoms with Crippen molar-refractivity contribution in [3.63, 3.8) is 0 Å². The average Bonchev–Trinajstić information content (AvgIpc) is 3.19. The van der Waals surface area contributed by atoms with Crippen LogP contribution in [0.4, 0.5) is 11.6 Å². The van der Waals surface area contributed by atoms with E-state index in [-0.39, 0.29) is 17.4 Å². The van der Waals surface area contributed by atoms with Gasteiger partial charge in [0.25, 0.3) is 0 Å². The second kappa shape index (κ2) is 10.5. The van der Waals surface area contributed by atoms with Crippen molar-refractivity contribution >= 4 is 52.4 Å². The standard InChI is InChI=1S/C20H20N6O2S2/c1-13(27)15-8-5-9-16(10-15)22-17(28)12-30-20-24-18(25-26-20)23-19(29)21-11-14-6-3-2-4-7-14/h2-10H,11-12H2,1H3,(H,22,28)(H3,21,23,24,25,26,29). The molecule has 0 radical (unpaired) electrons. The van der Waals surface area contributed by atoms with Gasteiger partial charge in [-0.1, -0.05) is 54.2 Å². The Bertz CT molecular complexity index is 1040. The number of hydrogen-bond acceptors (Lipinski definition) is 6. The summed E-state index contributed by atoms with van der Waals surface area (Å²) in [5.74, 6) is 0.230. The minimum atomic E-state index is -0.222. The molecule has 0 aliphatic heterocycles. The molecule has 1 aromatic heterocycles. The van der Waals surface area contributed by atoms with E-state index in [4.69, 9.17) is 12.2 Å². The van der Waals surface area contributed by atoms with E-state index in [1.165, 1.54) is 18.7 Å². The normalized spacial score (nSPS) is 10.3. The van der Waals surface area contributed by atoms with Gasteiger partial charge in [0.1, 0.15) is 0 Å². The van der Waals surface area contributed by atoms with E-state index in [0.717, 1.165) is 5.56 Å². The Morgan fingerprint density at radius 3 is 2.67 bits per heavy atom. The molecule has 0 aliphatic rings. The fourth-order valence-electron chi connectivity index (χ4n) is 2.44. The average molecular weight is 441 g/mol. The molecule has 0 fully saturated rings. The highest BCUT2D eigenvalue weighted by molar-refractivity contribution is 7.99. The third-order valence-corrected chi connectivity index (χ3v) is 4.97. The number of thiocarbonyl (C=S) groups is 1. The van der Waals surface area contributed by atoms with Crippen molar-refractivity contribution in [3.05, 3.63) is 65.7 Å². The number of Topliss-reactive ketones (excluding diaryl/α,β-unsaturated/α-hetero) is 1. The van der Waals surface area contributed by atoms with Gasteiger partial charge < -0.3 is 16.0 Å². The SMILES string of the molecule is CC(=O)c1cccc(NC(=O)CSc2n[nH]c(NC(=S)NCc3ccccc3)n2)c1. The van der Waals surface area contributed by atoms with E-state index in [0.29, 0.717) is 34.0 Å². The largest absolute Gasteiger partial charge is 0.358 e. The van der Waals surface area contributed by atoms with Crippen LogP contribution < -0.4 is 16.0 Å². The topological polar surface area (TPSA) is 112 Å². The van der Waals surface area contributed by atoms with Crippen LogP contribution in [0.15, 0.2) is 59.8 Å². The number of amides is 1. The lowest BCUT2D eigenvalue weighted by atomic mass is 10.1. The lowest BCUT2D eigenvalue weighted by Crippen LogP contribution is -2.28. The minimum absolute atomic E-state index is 0.0580. The van der Waals surface area contributed by atoms with E-state index in [2.05, 4.69) is 31.1 Å². The molecule has 8 nitrogen and oxygen atoms in total. The minimum Gasteiger partial charge on any atom is -0.358 e. The number of benzene rings is 2. The maximum absolute atomic E-state index is 12.1. The Morgan fingerprint density at radius 2 is 1.90 bits per heavy atom. The second-order valence-electron chi connectivity index (χ2n) is 6.23. The maximum atomic E-state index is 12.1. The molecule has 1 heterocycles. The molecule has 0 bridgehead atoms. The number of nitrogens with zero attached hydrogens (tertiary/aromatic N) is 2. The quantitative estimate of drug-likeness (QED) is 0.240. The number of anilines is 2. The van der Waals surface area contributed by atoms with Crippen LogP contribution in [0.5, 0.6) is 0 Å². The van der Waals surface area contributed by atoms with Crippen LogP contribution in [-0.4, -0.2) is 37.7 Å². The first-order valence-electron chi connectivity index (χ1n) is 9.04. The summed E-state index contributed by atoms with van der Waals surface area (Å²) in [5.41, 5.74) is 2.22. The summed E-state index contributed by atoms with van der Waals surface area (Å²) < 4.78 is 0. The van der Waals surface area contributed by atoms with Crippen molar-refractivity contribution in [3.8, 4) is 0 Å². The summed E-state index contributed by atoms with van der Waals surface area (Å²) in [5, 5.41) is 16.4. The van der Waals surface area contributed by atoms with Gasteiger partial charge in [-0.05, 0) is 36.8 Å². The number of aromatic amines is 1. The summed E-state index contributed by atoms with van der Waals surface area (Å²) in [6.07, 6.45) is 0. The van der Waals surface area contributed by atoms with Gasteiger partial charge in [0.05, 0.1) is 5.75 Å². The molecule has 4 N–H and O–H groups in total. The molecule has 30 heavy (non-hydrogen) atoms. The smallest absolute Gasteiger partial charge is 0.234 e. The van der Waals surface area contributed by atoms with Gasteiger partial charge in [0.15, 0.2) is 10.9 Å². The van der Waals surface area contributed by atoms with Crippen molar-refractivity contribution in [2.75, 3.05) is 16.4 Å². The Labute approximate surface area is 183 Å². The van der Waals surface area contributed by atoms with Crippen molar-refractivity contribution in [1.29, 1.82) is 0 Å². The zero-order valence-corrected chi connectivity index (χ0v) is 17.8. The highest BCUT2D eigenvalue weighted by atomic mass is 32.2. The zero-order valence-electron chi connectivity index (χ0n) is 16.1. The highest BCUT2D eigenvalue weighted by Gasteiger charge is 2.10. The summed E-state index contributed by atoms with van der Waals surface area (Å²) in [4.78, 5) is 27.8. The van der Waals surface area contributed by atoms with Gasteiger partial charge in [-0.25, -0.2) is 5.10 Å². The van der Waals surface area contributed by atoms with Gasteiger partial charge in [-0.3, -0.25) is 9.59 Å². The van der Waals surface area contributed by atoms with Crippen molar-refractivity contribution in [1.82, 2.24) is 20.5 Å². The molecule has 3 rings (SSSR count). The number of hydrogen-bond donors (Lipinski definition) is 4. The molecular formula is C20H20N6O2S2. The predicted octanol–water partition coefficient (Wildman–Crippen LogP) is 3.22. The van der Waals surface area contributed by atoms with Crippen LogP contribution >= 0.6 is 24.0 Å². The van der Waals surface area contributed by atoms with Gasteiger partial charge in [-0.2, -0.15) is 4.98 Å². The van der Waals surface area contributed by atoms with E-state index >= 15 is 0 Å². The molecule has 0 unspecified atom stereocenters. The van der Waals surface area contributed by atoms with Crippen LogP contribution in [0.1, 0.15) is 22.8 Å². The zero-order chi connectivity index (χ0) is 21.3. The van der Waals surface area contributed by atoms with Gasteiger partial charge in [-0.15, -0.1) is 5.10 Å². The number of aromatic nitrogens is 3. The molecule has 0 spiro atoms. The van der Waals surface area contributed by atoms with Crippen LogP contribution in [-0.2, 0) is 11.3 Å². The van der Waals surface area contributed by atoms with Gasteiger partial charge >= 0.3 is 0 Å². The molecule has 0 saturated carbocycles. The van der Waals surface area contributed by atoms with Crippen molar-refractivity contribution < 1.29 is 9.59 Å². The van der Waals surface area contributed by atoms with Crippen LogP contribution in [0, 0.1) is 0 Å². The fourth-order valence-corrected chi connectivity index (χ4v) is 3.21. The Balaban J connectivity index is 1.43.